The number of carbonyl (C=O) groups is 2. The summed E-state index contributed by atoms with van der Waals surface area (Å²) < 4.78 is 0. The first-order valence-electron chi connectivity index (χ1n) is 10.4. The molecule has 0 spiro atoms. The zero-order chi connectivity index (χ0) is 21.8. The SMILES string of the molecule is CC(C)[C@@H](NC(=O)Cc1cccc2ccccc12)C(=O)Nc1cccc2ncccc12. The minimum absolute atomic E-state index is 0.0652. The Morgan fingerprint density at radius 1 is 0.871 bits per heavy atom. The molecule has 0 saturated heterocycles. The number of nitrogens with one attached hydrogen (secondary N) is 2. The van der Waals surface area contributed by atoms with Crippen molar-refractivity contribution < 1.29 is 9.59 Å². The molecular formula is C26H25N3O2. The molecule has 3 aromatic carbocycles. The van der Waals surface area contributed by atoms with E-state index in [9.17, 15) is 9.59 Å². The zero-order valence-electron chi connectivity index (χ0n) is 17.6. The second-order valence-electron chi connectivity index (χ2n) is 7.97. The standard InChI is InChI=1S/C26H25N3O2/c1-17(2)25(26(31)28-23-14-6-13-22-21(23)12-7-15-27-22)29-24(30)16-19-10-5-9-18-8-3-4-11-20(18)19/h3-15,17,25H,16H2,1-2H3,(H,28,31)(H,29,30)/t25-/m1/s1. The molecule has 0 unspecified atom stereocenters. The topological polar surface area (TPSA) is 71.1 Å². The summed E-state index contributed by atoms with van der Waals surface area (Å²) in [6, 6.07) is 22.6. The Morgan fingerprint density at radius 3 is 2.45 bits per heavy atom. The van der Waals surface area contributed by atoms with E-state index in [1.807, 2.05) is 86.6 Å². The van der Waals surface area contributed by atoms with Crippen molar-refractivity contribution in [3.05, 3.63) is 84.6 Å². The molecule has 0 fully saturated rings. The lowest BCUT2D eigenvalue weighted by Crippen LogP contribution is -2.47. The van der Waals surface area contributed by atoms with Crippen molar-refractivity contribution in [2.75, 3.05) is 5.32 Å². The first kappa shape index (κ1) is 20.5. The lowest BCUT2D eigenvalue weighted by molar-refractivity contribution is -0.127. The van der Waals surface area contributed by atoms with Crippen LogP contribution in [0.15, 0.2) is 79.0 Å². The minimum atomic E-state index is -0.644. The number of hydrogen-bond donors (Lipinski definition) is 2. The highest BCUT2D eigenvalue weighted by Crippen LogP contribution is 2.22. The number of hydrogen-bond acceptors (Lipinski definition) is 3. The van der Waals surface area contributed by atoms with Gasteiger partial charge < -0.3 is 10.6 Å². The molecule has 0 radical (unpaired) electrons. The summed E-state index contributed by atoms with van der Waals surface area (Å²) in [6.45, 7) is 3.85. The van der Waals surface area contributed by atoms with E-state index >= 15 is 0 Å². The van der Waals surface area contributed by atoms with Gasteiger partial charge in [0.2, 0.25) is 11.8 Å². The fourth-order valence-corrected chi connectivity index (χ4v) is 3.80. The van der Waals surface area contributed by atoms with E-state index < -0.39 is 6.04 Å². The number of benzene rings is 3. The first-order valence-corrected chi connectivity index (χ1v) is 10.4. The van der Waals surface area contributed by atoms with Crippen molar-refractivity contribution in [3.63, 3.8) is 0 Å². The maximum atomic E-state index is 13.1. The average molecular weight is 412 g/mol. The number of amides is 2. The molecule has 1 aromatic heterocycles. The quantitative estimate of drug-likeness (QED) is 0.483. The number of pyridine rings is 1. The van der Waals surface area contributed by atoms with Crippen LogP contribution >= 0.6 is 0 Å². The largest absolute Gasteiger partial charge is 0.344 e. The normalized spacial score (nSPS) is 12.1. The van der Waals surface area contributed by atoms with E-state index in [2.05, 4.69) is 15.6 Å². The molecule has 0 aliphatic carbocycles. The predicted molar refractivity (Wildman–Crippen MR) is 125 cm³/mol. The van der Waals surface area contributed by atoms with E-state index in [-0.39, 0.29) is 24.2 Å². The van der Waals surface area contributed by atoms with Crippen LogP contribution in [0.3, 0.4) is 0 Å². The van der Waals surface area contributed by atoms with Crippen LogP contribution in [0.5, 0.6) is 0 Å². The molecule has 2 amide bonds. The molecule has 0 saturated carbocycles. The van der Waals surface area contributed by atoms with E-state index in [1.54, 1.807) is 6.20 Å². The van der Waals surface area contributed by atoms with Crippen molar-refractivity contribution in [2.45, 2.75) is 26.3 Å². The minimum Gasteiger partial charge on any atom is -0.344 e. The number of nitrogens with zero attached hydrogens (tertiary/aromatic N) is 1. The first-order chi connectivity index (χ1) is 15.0. The van der Waals surface area contributed by atoms with Crippen LogP contribution in [0.25, 0.3) is 21.7 Å². The number of aromatic nitrogens is 1. The van der Waals surface area contributed by atoms with Gasteiger partial charge in [-0.05, 0) is 46.5 Å². The Hall–Kier alpha value is -3.73. The van der Waals surface area contributed by atoms with Gasteiger partial charge in [-0.25, -0.2) is 0 Å². The molecule has 31 heavy (non-hydrogen) atoms. The monoisotopic (exact) mass is 411 g/mol. The third-order valence-corrected chi connectivity index (χ3v) is 5.40. The van der Waals surface area contributed by atoms with Gasteiger partial charge in [-0.1, -0.05) is 62.4 Å². The Kier molecular flexibility index (Phi) is 5.94. The Labute approximate surface area is 181 Å². The van der Waals surface area contributed by atoms with Crippen molar-refractivity contribution in [1.82, 2.24) is 10.3 Å². The van der Waals surface area contributed by atoms with Gasteiger partial charge in [0.1, 0.15) is 6.04 Å². The Balaban J connectivity index is 1.50. The van der Waals surface area contributed by atoms with Gasteiger partial charge >= 0.3 is 0 Å². The van der Waals surface area contributed by atoms with Crippen LogP contribution in [-0.2, 0) is 16.0 Å². The number of rotatable bonds is 6. The number of carbonyl (C=O) groups excluding carboxylic acids is 2. The molecule has 4 aromatic rings. The van der Waals surface area contributed by atoms with Gasteiger partial charge in [-0.15, -0.1) is 0 Å². The van der Waals surface area contributed by atoms with Crippen molar-refractivity contribution in [1.29, 1.82) is 0 Å². The summed E-state index contributed by atoms with van der Waals surface area (Å²) in [4.78, 5) is 30.2. The van der Waals surface area contributed by atoms with Gasteiger partial charge in [0.15, 0.2) is 0 Å². The number of anilines is 1. The summed E-state index contributed by atoms with van der Waals surface area (Å²) in [5.41, 5.74) is 2.43. The van der Waals surface area contributed by atoms with Crippen LogP contribution in [0, 0.1) is 5.92 Å². The second kappa shape index (κ2) is 8.96. The second-order valence-corrected chi connectivity index (χ2v) is 7.97. The summed E-state index contributed by atoms with van der Waals surface area (Å²) >= 11 is 0. The highest BCUT2D eigenvalue weighted by molar-refractivity contribution is 6.04. The van der Waals surface area contributed by atoms with Crippen molar-refractivity contribution >= 4 is 39.2 Å². The summed E-state index contributed by atoms with van der Waals surface area (Å²) in [5, 5.41) is 8.91. The van der Waals surface area contributed by atoms with Crippen molar-refractivity contribution in [3.8, 4) is 0 Å². The van der Waals surface area contributed by atoms with Crippen LogP contribution in [0.2, 0.25) is 0 Å². The van der Waals surface area contributed by atoms with Gasteiger partial charge in [0.05, 0.1) is 17.6 Å². The summed E-state index contributed by atoms with van der Waals surface area (Å²) in [5.74, 6) is -0.480. The predicted octanol–water partition coefficient (Wildman–Crippen LogP) is 4.71. The molecule has 0 aliphatic heterocycles. The fraction of sp³-hybridized carbons (Fsp3) is 0.192. The van der Waals surface area contributed by atoms with E-state index in [0.29, 0.717) is 5.69 Å². The average Bonchev–Trinajstić information content (AvgIpc) is 2.78. The molecule has 5 nitrogen and oxygen atoms in total. The van der Waals surface area contributed by atoms with Gasteiger partial charge in [0.25, 0.3) is 0 Å². The summed E-state index contributed by atoms with van der Waals surface area (Å²) in [6.07, 6.45) is 1.94. The lowest BCUT2D eigenvalue weighted by atomic mass is 10.00. The maximum Gasteiger partial charge on any atom is 0.247 e. The molecular weight excluding hydrogens is 386 g/mol. The molecule has 1 atom stereocenters. The Bertz CT molecular complexity index is 1240. The highest BCUT2D eigenvalue weighted by atomic mass is 16.2. The lowest BCUT2D eigenvalue weighted by Gasteiger charge is -2.22. The van der Waals surface area contributed by atoms with Crippen molar-refractivity contribution in [2.24, 2.45) is 5.92 Å². The summed E-state index contributed by atoms with van der Waals surface area (Å²) in [7, 11) is 0. The van der Waals surface area contributed by atoms with Crippen LogP contribution in [-0.4, -0.2) is 22.8 Å². The molecule has 2 N–H and O–H groups in total. The Morgan fingerprint density at radius 2 is 1.61 bits per heavy atom. The van der Waals surface area contributed by atoms with Crippen LogP contribution < -0.4 is 10.6 Å². The van der Waals surface area contributed by atoms with Gasteiger partial charge in [-0.3, -0.25) is 14.6 Å². The van der Waals surface area contributed by atoms with E-state index in [0.717, 1.165) is 27.2 Å². The van der Waals surface area contributed by atoms with E-state index in [1.165, 1.54) is 0 Å². The zero-order valence-corrected chi connectivity index (χ0v) is 17.6. The fourth-order valence-electron chi connectivity index (χ4n) is 3.80. The molecule has 4 rings (SSSR count). The van der Waals surface area contributed by atoms with Crippen LogP contribution in [0.1, 0.15) is 19.4 Å². The smallest absolute Gasteiger partial charge is 0.247 e. The highest BCUT2D eigenvalue weighted by Gasteiger charge is 2.25. The third-order valence-electron chi connectivity index (χ3n) is 5.40. The number of fused-ring (bicyclic) bond motifs is 2. The van der Waals surface area contributed by atoms with Crippen LogP contribution in [0.4, 0.5) is 5.69 Å². The third kappa shape index (κ3) is 4.56. The molecule has 156 valence electrons. The van der Waals surface area contributed by atoms with Gasteiger partial charge in [0, 0.05) is 11.6 Å². The molecule has 5 heteroatoms. The molecule has 0 aliphatic rings. The molecule has 1 heterocycles. The van der Waals surface area contributed by atoms with Gasteiger partial charge in [-0.2, -0.15) is 0 Å². The molecule has 0 bridgehead atoms. The van der Waals surface area contributed by atoms with E-state index in [4.69, 9.17) is 0 Å². The maximum absolute atomic E-state index is 13.1.